The normalized spacial score (nSPS) is 10.9. The molecule has 0 bridgehead atoms. The summed E-state index contributed by atoms with van der Waals surface area (Å²) in [7, 11) is 0. The maximum absolute atomic E-state index is 2.63. The Labute approximate surface area is 158 Å². The van der Waals surface area contributed by atoms with Crippen LogP contribution in [-0.4, -0.2) is 3.39 Å². The lowest BCUT2D eigenvalue weighted by Crippen LogP contribution is -2.20. The third-order valence-corrected chi connectivity index (χ3v) is 101. The molecule has 0 aliphatic rings. The summed E-state index contributed by atoms with van der Waals surface area (Å²) in [6.45, 7) is 2.16. The molecule has 0 radical (unpaired) electrons. The molecule has 0 atom stereocenters. The molecule has 0 fully saturated rings. The number of rotatable bonds is 2. The minimum Gasteiger partial charge on any atom is -0.110 e. The summed E-state index contributed by atoms with van der Waals surface area (Å²) in [5.41, 5.74) is 1.41. The van der Waals surface area contributed by atoms with E-state index in [2.05, 4.69) is 140 Å². The zero-order chi connectivity index (χ0) is 11.9. The van der Waals surface area contributed by atoms with Crippen LogP contribution in [0.2, 0.25) is 0 Å². The maximum atomic E-state index is 2.63. The molecule has 15 heavy (non-hydrogen) atoms. The van der Waals surface area contributed by atoms with Gasteiger partial charge in [0.15, 0.2) is 0 Å². The Morgan fingerprint density at radius 3 is 1.67 bits per heavy atom. The van der Waals surface area contributed by atoms with Crippen LogP contribution >= 0.6 is 109 Å². The molecule has 0 spiro atoms. The van der Waals surface area contributed by atoms with Crippen LogP contribution in [0.25, 0.3) is 0 Å². The van der Waals surface area contributed by atoms with Crippen LogP contribution in [0.1, 0.15) is 12.5 Å². The van der Waals surface area contributed by atoms with Gasteiger partial charge in [-0.25, -0.2) is 0 Å². The van der Waals surface area contributed by atoms with E-state index in [0.29, 0.717) is 0 Å². The van der Waals surface area contributed by atoms with E-state index in [-0.39, 0.29) is 3.31 Å². The summed E-state index contributed by atoms with van der Waals surface area (Å²) in [5.74, 6) is 0. The predicted molar refractivity (Wildman–Crippen MR) is 119 cm³/mol. The smallest absolute Gasteiger partial charge is 0.110 e. The molecule has 0 aliphatic heterocycles. The molecule has 1 aromatic rings. The van der Waals surface area contributed by atoms with Crippen molar-refractivity contribution in [3.05, 3.63) is 35.9 Å². The maximum Gasteiger partial charge on any atom is 0.260 e. The Balaban J connectivity index is 0.000000265. The second-order valence-electron chi connectivity index (χ2n) is 2.68. The molecular weight excluding hydrogens is 787 g/mol. The zero-order valence-corrected chi connectivity index (χ0v) is 21.0. The number of halogens is 5. The van der Waals surface area contributed by atoms with Gasteiger partial charge in [0.05, 0.1) is 0 Å². The van der Waals surface area contributed by atoms with Crippen molar-refractivity contribution < 1.29 is 0 Å². The van der Waals surface area contributed by atoms with E-state index < -0.39 is 0.0813 Å². The first kappa shape index (κ1) is 18.3. The van der Waals surface area contributed by atoms with E-state index in [1.807, 2.05) is 6.07 Å². The standard InChI is InChI=1S/C8H10.HI5Si2/c1-2-8-6-4-3-5-7-8;1-6(2)7(3,4)5/h3-7H,2H2,1H3;6H. The lowest BCUT2D eigenvalue weighted by Gasteiger charge is -2.06. The van der Waals surface area contributed by atoms with Crippen molar-refractivity contribution >= 4 is 112 Å². The molecule has 0 saturated heterocycles. The summed E-state index contributed by atoms with van der Waals surface area (Å²) in [4.78, 5) is 0. The second-order valence-corrected chi connectivity index (χ2v) is 74.8. The molecule has 0 aliphatic carbocycles. The van der Waals surface area contributed by atoms with Gasteiger partial charge < -0.3 is 0 Å². The van der Waals surface area contributed by atoms with Gasteiger partial charge >= 0.3 is 0 Å². The van der Waals surface area contributed by atoms with Gasteiger partial charge in [0, 0.05) is 0 Å². The quantitative estimate of drug-likeness (QED) is 0.207. The minimum absolute atomic E-state index is 0.320. The minimum atomic E-state index is -0.712. The van der Waals surface area contributed by atoms with Gasteiger partial charge in [-0.1, -0.05) is 103 Å². The number of hydrogen-bond acceptors (Lipinski definition) is 0. The van der Waals surface area contributed by atoms with E-state index in [9.17, 15) is 0 Å². The highest BCUT2D eigenvalue weighted by Gasteiger charge is 2.30. The summed E-state index contributed by atoms with van der Waals surface area (Å²) in [6.07, 6.45) is 1.14. The predicted octanol–water partition coefficient (Wildman–Crippen LogP) is 5.65. The molecule has 0 amide bonds. The van der Waals surface area contributed by atoms with Gasteiger partial charge in [-0.2, -0.15) is 0 Å². The van der Waals surface area contributed by atoms with E-state index in [0.717, 1.165) is 6.42 Å². The molecule has 0 aromatic heterocycles. The largest absolute Gasteiger partial charge is 0.260 e. The summed E-state index contributed by atoms with van der Waals surface area (Å²) in [6, 6.07) is 10.5. The van der Waals surface area contributed by atoms with Crippen LogP contribution in [0, 0.1) is 0 Å². The van der Waals surface area contributed by atoms with Crippen molar-refractivity contribution in [3.63, 3.8) is 0 Å². The summed E-state index contributed by atoms with van der Waals surface area (Å²) in [5, 5.41) is 0. The summed E-state index contributed by atoms with van der Waals surface area (Å²) < 4.78 is -1.03. The van der Waals surface area contributed by atoms with Crippen LogP contribution in [0.4, 0.5) is 0 Å². The van der Waals surface area contributed by atoms with Crippen molar-refractivity contribution in [1.29, 1.82) is 0 Å². The van der Waals surface area contributed by atoms with Crippen molar-refractivity contribution in [2.45, 2.75) is 13.3 Å². The monoisotopic (exact) mass is 798 g/mol. The van der Waals surface area contributed by atoms with Gasteiger partial charge in [-0.05, 0) is 12.0 Å². The average molecular weight is 798 g/mol. The van der Waals surface area contributed by atoms with E-state index in [1.165, 1.54) is 5.56 Å². The topological polar surface area (TPSA) is 0 Å². The van der Waals surface area contributed by atoms with Crippen LogP contribution in [0.15, 0.2) is 30.3 Å². The van der Waals surface area contributed by atoms with Crippen LogP contribution in [0.5, 0.6) is 0 Å². The Kier molecular flexibility index (Phi) is 12.4. The first-order valence-corrected chi connectivity index (χ1v) is 25.8. The van der Waals surface area contributed by atoms with Gasteiger partial charge in [0.2, 0.25) is 3.31 Å². The summed E-state index contributed by atoms with van der Waals surface area (Å²) >= 11 is 13.1. The highest BCUT2D eigenvalue weighted by atomic mass is 127. The molecule has 0 unspecified atom stereocenters. The lowest BCUT2D eigenvalue weighted by molar-refractivity contribution is 1.14. The molecule has 7 heteroatoms. The van der Waals surface area contributed by atoms with Crippen LogP contribution in [0.3, 0.4) is 0 Å². The highest BCUT2D eigenvalue weighted by molar-refractivity contribution is 14.4. The van der Waals surface area contributed by atoms with Gasteiger partial charge in [0.1, 0.15) is 0 Å². The van der Waals surface area contributed by atoms with Gasteiger partial charge in [-0.3, -0.25) is 0 Å². The first-order valence-electron chi connectivity index (χ1n) is 4.26. The van der Waals surface area contributed by atoms with Crippen molar-refractivity contribution in [3.8, 4) is 0 Å². The molecule has 0 nitrogen and oxygen atoms in total. The first-order chi connectivity index (χ1) is 6.88. The van der Waals surface area contributed by atoms with Crippen LogP contribution in [-0.2, 0) is 6.42 Å². The molecule has 0 N–H and O–H groups in total. The zero-order valence-electron chi connectivity index (χ0n) is 8.06. The Hall–Kier alpha value is 3.30. The van der Waals surface area contributed by atoms with E-state index in [4.69, 9.17) is 0 Å². The third-order valence-electron chi connectivity index (χ3n) is 1.50. The van der Waals surface area contributed by atoms with Crippen molar-refractivity contribution in [2.75, 3.05) is 0 Å². The van der Waals surface area contributed by atoms with E-state index >= 15 is 0 Å². The van der Waals surface area contributed by atoms with Crippen molar-refractivity contribution in [2.24, 2.45) is 0 Å². The fraction of sp³-hybridized carbons (Fsp3) is 0.250. The van der Waals surface area contributed by atoms with Crippen molar-refractivity contribution in [1.82, 2.24) is 0 Å². The molecule has 1 rings (SSSR count). The Morgan fingerprint density at radius 1 is 1.07 bits per heavy atom. The number of aryl methyl sites for hydroxylation is 1. The second kappa shape index (κ2) is 10.1. The molecule has 1 aromatic carbocycles. The molecular formula is C8H11I5Si2. The SMILES string of the molecule is CCc1ccccc1.I[SiH](I)[Si](I)(I)I. The number of hydrogen-bond donors (Lipinski definition) is 0. The van der Waals surface area contributed by atoms with Gasteiger partial charge in [-0.15, -0.1) is 43.6 Å². The Bertz CT molecular complexity index is 259. The van der Waals surface area contributed by atoms with Crippen LogP contribution < -0.4 is 0 Å². The van der Waals surface area contributed by atoms with E-state index in [1.54, 1.807) is 0 Å². The molecule has 86 valence electrons. The molecule has 0 heterocycles. The average Bonchev–Trinajstić information content (AvgIpc) is 2.18. The number of benzene rings is 1. The molecule has 0 saturated carbocycles. The fourth-order valence-corrected chi connectivity index (χ4v) is 0.714. The highest BCUT2D eigenvalue weighted by Crippen LogP contribution is 2.37. The van der Waals surface area contributed by atoms with Gasteiger partial charge in [0.25, 0.3) is 0.0813 Å². The lowest BCUT2D eigenvalue weighted by atomic mass is 10.2. The Morgan fingerprint density at radius 2 is 1.47 bits per heavy atom. The third kappa shape index (κ3) is 10.9. The fourth-order valence-electron chi connectivity index (χ4n) is 0.714.